The number of hydrogen-bond donors (Lipinski definition) is 0. The van der Waals surface area contributed by atoms with Crippen molar-refractivity contribution in [2.24, 2.45) is 0 Å². The molecule has 2 saturated heterocycles. The largest absolute Gasteiger partial charge is 0.497 e. The summed E-state index contributed by atoms with van der Waals surface area (Å²) in [5, 5.41) is 0. The van der Waals surface area contributed by atoms with E-state index in [-0.39, 0.29) is 24.5 Å². The van der Waals surface area contributed by atoms with E-state index in [1.165, 1.54) is 12.8 Å². The van der Waals surface area contributed by atoms with Crippen LogP contribution in [0.2, 0.25) is 0 Å². The Kier molecular flexibility index (Phi) is 5.70. The van der Waals surface area contributed by atoms with Crippen LogP contribution in [0.3, 0.4) is 0 Å². The summed E-state index contributed by atoms with van der Waals surface area (Å²) in [6, 6.07) is 8.79. The fourth-order valence-electron chi connectivity index (χ4n) is 3.63. The molecule has 2 aliphatic heterocycles. The average Bonchev–Trinajstić information content (AvgIpc) is 2.70. The van der Waals surface area contributed by atoms with Crippen molar-refractivity contribution in [1.82, 2.24) is 4.90 Å². The van der Waals surface area contributed by atoms with Crippen LogP contribution in [0, 0.1) is 0 Å². The van der Waals surface area contributed by atoms with Crippen molar-refractivity contribution in [3.63, 3.8) is 0 Å². The highest BCUT2D eigenvalue weighted by atomic mass is 35.5. The first kappa shape index (κ1) is 17.1. The standard InChI is InChI=1S/C17H23NO3.ClH/c1-18-13-6-7-14(18)11-16(10-13)21-17(19)9-12-4-3-5-15(8-12)20-2;/h3-5,8,13-14,16H,6-7,9-11H2,1-2H3;1H/t13-,14+,16?;. The molecule has 3 atom stereocenters. The van der Waals surface area contributed by atoms with E-state index < -0.39 is 0 Å². The second-order valence-corrected chi connectivity index (χ2v) is 6.16. The minimum absolute atomic E-state index is 0. The van der Waals surface area contributed by atoms with Crippen LogP contribution < -0.4 is 4.74 Å². The van der Waals surface area contributed by atoms with E-state index in [4.69, 9.17) is 9.47 Å². The summed E-state index contributed by atoms with van der Waals surface area (Å²) >= 11 is 0. The summed E-state index contributed by atoms with van der Waals surface area (Å²) in [7, 11) is 3.82. The van der Waals surface area contributed by atoms with Crippen molar-refractivity contribution in [3.05, 3.63) is 29.8 Å². The van der Waals surface area contributed by atoms with Crippen LogP contribution in [0.4, 0.5) is 0 Å². The molecule has 3 rings (SSSR count). The Balaban J connectivity index is 0.00000176. The monoisotopic (exact) mass is 325 g/mol. The van der Waals surface area contributed by atoms with Gasteiger partial charge in [0.15, 0.2) is 0 Å². The fraction of sp³-hybridized carbons (Fsp3) is 0.588. The van der Waals surface area contributed by atoms with Crippen molar-refractivity contribution in [3.8, 4) is 5.75 Å². The van der Waals surface area contributed by atoms with E-state index >= 15 is 0 Å². The Labute approximate surface area is 138 Å². The number of fused-ring (bicyclic) bond motifs is 2. The molecule has 0 saturated carbocycles. The number of carbonyl (C=O) groups excluding carboxylic acids is 1. The van der Waals surface area contributed by atoms with Gasteiger partial charge in [-0.15, -0.1) is 12.4 Å². The summed E-state index contributed by atoms with van der Waals surface area (Å²) in [5.41, 5.74) is 0.940. The molecule has 1 aromatic rings. The molecule has 1 unspecified atom stereocenters. The van der Waals surface area contributed by atoms with Gasteiger partial charge < -0.3 is 14.4 Å². The summed E-state index contributed by atoms with van der Waals surface area (Å²) in [5.74, 6) is 0.648. The Bertz CT molecular complexity index is 508. The Morgan fingerprint density at radius 1 is 1.27 bits per heavy atom. The second kappa shape index (κ2) is 7.34. The number of nitrogens with zero attached hydrogens (tertiary/aromatic N) is 1. The van der Waals surface area contributed by atoms with Crippen LogP contribution >= 0.6 is 12.4 Å². The zero-order valence-electron chi connectivity index (χ0n) is 13.2. The van der Waals surface area contributed by atoms with Gasteiger partial charge in [-0.1, -0.05) is 12.1 Å². The zero-order chi connectivity index (χ0) is 14.8. The topological polar surface area (TPSA) is 38.8 Å². The normalized spacial score (nSPS) is 27.1. The molecule has 0 N–H and O–H groups in total. The average molecular weight is 326 g/mol. The van der Waals surface area contributed by atoms with Gasteiger partial charge in [-0.25, -0.2) is 0 Å². The molecule has 122 valence electrons. The molecule has 22 heavy (non-hydrogen) atoms. The molecule has 0 aliphatic carbocycles. The van der Waals surface area contributed by atoms with E-state index in [2.05, 4.69) is 11.9 Å². The zero-order valence-corrected chi connectivity index (χ0v) is 14.0. The van der Waals surface area contributed by atoms with Gasteiger partial charge in [0.2, 0.25) is 0 Å². The lowest BCUT2D eigenvalue weighted by Gasteiger charge is -2.35. The molecule has 4 nitrogen and oxygen atoms in total. The molecular formula is C17H24ClNO3. The van der Waals surface area contributed by atoms with Crippen LogP contribution in [0.5, 0.6) is 5.75 Å². The first-order chi connectivity index (χ1) is 10.2. The molecule has 5 heteroatoms. The second-order valence-electron chi connectivity index (χ2n) is 6.16. The number of esters is 1. The van der Waals surface area contributed by atoms with E-state index in [0.29, 0.717) is 18.5 Å². The lowest BCUT2D eigenvalue weighted by molar-refractivity contribution is -0.151. The maximum atomic E-state index is 12.1. The molecule has 0 spiro atoms. The smallest absolute Gasteiger partial charge is 0.310 e. The minimum Gasteiger partial charge on any atom is -0.497 e. The first-order valence-electron chi connectivity index (χ1n) is 7.70. The van der Waals surface area contributed by atoms with E-state index in [1.807, 2.05) is 24.3 Å². The molecule has 1 aromatic carbocycles. The fourth-order valence-corrected chi connectivity index (χ4v) is 3.63. The van der Waals surface area contributed by atoms with Gasteiger partial charge in [-0.05, 0) is 50.4 Å². The Hall–Kier alpha value is -1.26. The summed E-state index contributed by atoms with van der Waals surface area (Å²) in [6.45, 7) is 0. The number of hydrogen-bond acceptors (Lipinski definition) is 4. The third-order valence-corrected chi connectivity index (χ3v) is 4.84. The van der Waals surface area contributed by atoms with E-state index in [1.54, 1.807) is 7.11 Å². The molecule has 2 aliphatic rings. The first-order valence-corrected chi connectivity index (χ1v) is 7.70. The maximum absolute atomic E-state index is 12.1. The molecule has 2 bridgehead atoms. The highest BCUT2D eigenvalue weighted by Crippen LogP contribution is 2.35. The third-order valence-electron chi connectivity index (χ3n) is 4.84. The number of methoxy groups -OCH3 is 1. The van der Waals surface area contributed by atoms with Crippen molar-refractivity contribution in [1.29, 1.82) is 0 Å². The highest BCUT2D eigenvalue weighted by Gasteiger charge is 2.39. The number of ether oxygens (including phenoxy) is 2. The third kappa shape index (κ3) is 3.73. The Morgan fingerprint density at radius 2 is 1.95 bits per heavy atom. The molecule has 2 heterocycles. The molecule has 0 radical (unpaired) electrons. The lowest BCUT2D eigenvalue weighted by atomic mass is 10.0. The highest BCUT2D eigenvalue weighted by molar-refractivity contribution is 5.85. The summed E-state index contributed by atoms with van der Waals surface area (Å²) in [4.78, 5) is 14.6. The predicted molar refractivity (Wildman–Crippen MR) is 87.6 cm³/mol. The molecular weight excluding hydrogens is 302 g/mol. The summed E-state index contributed by atoms with van der Waals surface area (Å²) in [6.07, 6.45) is 4.86. The van der Waals surface area contributed by atoms with Gasteiger partial charge in [-0.3, -0.25) is 4.79 Å². The molecule has 2 fully saturated rings. The molecule has 0 aromatic heterocycles. The van der Waals surface area contributed by atoms with Gasteiger partial charge in [-0.2, -0.15) is 0 Å². The van der Waals surface area contributed by atoms with E-state index in [9.17, 15) is 4.79 Å². The number of carbonyl (C=O) groups is 1. The van der Waals surface area contributed by atoms with Gasteiger partial charge in [0.25, 0.3) is 0 Å². The minimum atomic E-state index is -0.128. The van der Waals surface area contributed by atoms with Crippen LogP contribution in [0.25, 0.3) is 0 Å². The lowest BCUT2D eigenvalue weighted by Crippen LogP contribution is -2.43. The van der Waals surface area contributed by atoms with Crippen molar-refractivity contribution in [2.75, 3.05) is 14.2 Å². The van der Waals surface area contributed by atoms with Gasteiger partial charge in [0.05, 0.1) is 13.5 Å². The number of benzene rings is 1. The predicted octanol–water partition coefficient (Wildman–Crippen LogP) is 2.83. The number of rotatable bonds is 4. The van der Waals surface area contributed by atoms with Crippen molar-refractivity contribution in [2.45, 2.75) is 50.3 Å². The van der Waals surface area contributed by atoms with Crippen LogP contribution in [0.15, 0.2) is 24.3 Å². The quantitative estimate of drug-likeness (QED) is 0.798. The van der Waals surface area contributed by atoms with E-state index in [0.717, 1.165) is 24.2 Å². The van der Waals surface area contributed by atoms with Crippen LogP contribution in [-0.4, -0.2) is 43.2 Å². The number of piperidine rings is 1. The summed E-state index contributed by atoms with van der Waals surface area (Å²) < 4.78 is 10.9. The van der Waals surface area contributed by atoms with Crippen molar-refractivity contribution >= 4 is 18.4 Å². The Morgan fingerprint density at radius 3 is 2.59 bits per heavy atom. The van der Waals surface area contributed by atoms with Gasteiger partial charge in [0, 0.05) is 12.1 Å². The van der Waals surface area contributed by atoms with Crippen LogP contribution in [0.1, 0.15) is 31.2 Å². The van der Waals surface area contributed by atoms with Gasteiger partial charge in [0.1, 0.15) is 11.9 Å². The molecule has 0 amide bonds. The van der Waals surface area contributed by atoms with Gasteiger partial charge >= 0.3 is 5.97 Å². The van der Waals surface area contributed by atoms with Crippen LogP contribution in [-0.2, 0) is 16.0 Å². The maximum Gasteiger partial charge on any atom is 0.310 e. The number of halogens is 1. The SMILES string of the molecule is COc1cccc(CC(=O)OC2C[C@H]3CC[C@@H](C2)N3C)c1.Cl. The van der Waals surface area contributed by atoms with Crippen molar-refractivity contribution < 1.29 is 14.3 Å².